The fourth-order valence-corrected chi connectivity index (χ4v) is 2.33. The Balaban J connectivity index is 2.78. The standard InChI is InChI=1S/C13H15N3O3S/c1-10(2)19-5-6-20(17,18)16-13-4-3-11(8-14)12(7-13)9-15/h3-4,7,10,16H,5-6H2,1-2H3. The number of sulfonamides is 1. The van der Waals surface area contributed by atoms with Gasteiger partial charge in [-0.15, -0.1) is 0 Å². The molecule has 0 saturated carbocycles. The number of ether oxygens (including phenoxy) is 1. The van der Waals surface area contributed by atoms with Gasteiger partial charge in [-0.3, -0.25) is 4.72 Å². The maximum Gasteiger partial charge on any atom is 0.235 e. The Morgan fingerprint density at radius 3 is 2.45 bits per heavy atom. The summed E-state index contributed by atoms with van der Waals surface area (Å²) in [7, 11) is -3.54. The number of hydrogen-bond donors (Lipinski definition) is 1. The third-order valence-corrected chi connectivity index (χ3v) is 3.59. The number of nitriles is 2. The molecular weight excluding hydrogens is 278 g/mol. The van der Waals surface area contributed by atoms with Crippen molar-refractivity contribution in [1.29, 1.82) is 10.5 Å². The minimum Gasteiger partial charge on any atom is -0.378 e. The third kappa shape index (κ3) is 4.88. The van der Waals surface area contributed by atoms with E-state index in [1.54, 1.807) is 0 Å². The first-order valence-electron chi connectivity index (χ1n) is 5.94. The van der Waals surface area contributed by atoms with Gasteiger partial charge < -0.3 is 4.74 Å². The van der Waals surface area contributed by atoms with Crippen LogP contribution in [0.25, 0.3) is 0 Å². The number of rotatable bonds is 6. The van der Waals surface area contributed by atoms with Crippen LogP contribution >= 0.6 is 0 Å². The summed E-state index contributed by atoms with van der Waals surface area (Å²) in [5, 5.41) is 17.7. The van der Waals surface area contributed by atoms with Crippen LogP contribution in [0, 0.1) is 22.7 Å². The zero-order valence-corrected chi connectivity index (χ0v) is 12.1. The minimum absolute atomic E-state index is 0.0368. The zero-order chi connectivity index (χ0) is 15.2. The highest BCUT2D eigenvalue weighted by atomic mass is 32.2. The van der Waals surface area contributed by atoms with Gasteiger partial charge in [-0.1, -0.05) is 0 Å². The molecule has 1 rings (SSSR count). The van der Waals surface area contributed by atoms with E-state index in [4.69, 9.17) is 15.3 Å². The summed E-state index contributed by atoms with van der Waals surface area (Å²) in [6, 6.07) is 7.89. The predicted octanol–water partition coefficient (Wildman–Crippen LogP) is 1.60. The molecule has 20 heavy (non-hydrogen) atoms. The van der Waals surface area contributed by atoms with Crippen LogP contribution in [-0.2, 0) is 14.8 Å². The van der Waals surface area contributed by atoms with Crippen LogP contribution in [0.15, 0.2) is 18.2 Å². The molecule has 0 aliphatic carbocycles. The quantitative estimate of drug-likeness (QED) is 0.858. The highest BCUT2D eigenvalue weighted by Crippen LogP contribution is 2.16. The van der Waals surface area contributed by atoms with E-state index < -0.39 is 10.0 Å². The smallest absolute Gasteiger partial charge is 0.235 e. The lowest BCUT2D eigenvalue weighted by Crippen LogP contribution is -2.21. The van der Waals surface area contributed by atoms with E-state index in [9.17, 15) is 8.42 Å². The van der Waals surface area contributed by atoms with Gasteiger partial charge in [0.1, 0.15) is 12.1 Å². The Morgan fingerprint density at radius 1 is 1.25 bits per heavy atom. The monoisotopic (exact) mass is 293 g/mol. The van der Waals surface area contributed by atoms with Crippen LogP contribution in [0.2, 0.25) is 0 Å². The van der Waals surface area contributed by atoms with Gasteiger partial charge in [0.15, 0.2) is 0 Å². The first kappa shape index (κ1) is 16.0. The van der Waals surface area contributed by atoms with E-state index in [1.807, 2.05) is 26.0 Å². The molecule has 0 aromatic heterocycles. The van der Waals surface area contributed by atoms with Crippen molar-refractivity contribution in [3.8, 4) is 12.1 Å². The Bertz CT molecular complexity index is 654. The predicted molar refractivity (Wildman–Crippen MR) is 74.4 cm³/mol. The van der Waals surface area contributed by atoms with Gasteiger partial charge in [-0.2, -0.15) is 10.5 Å². The van der Waals surface area contributed by atoms with Gasteiger partial charge in [0.05, 0.1) is 29.6 Å². The lowest BCUT2D eigenvalue weighted by Gasteiger charge is -2.10. The fraction of sp³-hybridized carbons (Fsp3) is 0.385. The largest absolute Gasteiger partial charge is 0.378 e. The van der Waals surface area contributed by atoms with Gasteiger partial charge in [0.25, 0.3) is 0 Å². The van der Waals surface area contributed by atoms with Crippen molar-refractivity contribution in [1.82, 2.24) is 0 Å². The molecule has 0 saturated heterocycles. The van der Waals surface area contributed by atoms with E-state index in [0.717, 1.165) is 0 Å². The number of hydrogen-bond acceptors (Lipinski definition) is 5. The topological polar surface area (TPSA) is 103 Å². The molecule has 0 bridgehead atoms. The molecule has 1 aromatic carbocycles. The molecule has 0 aliphatic heterocycles. The zero-order valence-electron chi connectivity index (χ0n) is 11.3. The molecule has 6 nitrogen and oxygen atoms in total. The maximum atomic E-state index is 11.8. The van der Waals surface area contributed by atoms with Crippen molar-refractivity contribution in [3.05, 3.63) is 29.3 Å². The highest BCUT2D eigenvalue weighted by molar-refractivity contribution is 7.92. The second-order valence-electron chi connectivity index (χ2n) is 4.32. The molecule has 0 unspecified atom stereocenters. The average molecular weight is 293 g/mol. The van der Waals surface area contributed by atoms with Crippen molar-refractivity contribution in [3.63, 3.8) is 0 Å². The number of benzene rings is 1. The van der Waals surface area contributed by atoms with Crippen molar-refractivity contribution in [2.45, 2.75) is 20.0 Å². The van der Waals surface area contributed by atoms with E-state index in [2.05, 4.69) is 4.72 Å². The van der Waals surface area contributed by atoms with Crippen LogP contribution in [0.5, 0.6) is 0 Å². The van der Waals surface area contributed by atoms with Gasteiger partial charge >= 0.3 is 0 Å². The molecule has 7 heteroatoms. The van der Waals surface area contributed by atoms with Crippen LogP contribution in [0.3, 0.4) is 0 Å². The third-order valence-electron chi connectivity index (χ3n) is 2.34. The number of nitrogens with zero attached hydrogens (tertiary/aromatic N) is 2. The van der Waals surface area contributed by atoms with E-state index >= 15 is 0 Å². The molecule has 0 atom stereocenters. The first-order valence-corrected chi connectivity index (χ1v) is 7.59. The second kappa shape index (κ2) is 6.90. The molecule has 0 amide bonds. The molecule has 1 aromatic rings. The van der Waals surface area contributed by atoms with Gasteiger partial charge in [-0.05, 0) is 32.0 Å². The molecule has 0 fully saturated rings. The summed E-state index contributed by atoms with van der Waals surface area (Å²) in [5.74, 6) is -0.174. The summed E-state index contributed by atoms with van der Waals surface area (Å²) < 4.78 is 31.1. The van der Waals surface area contributed by atoms with Crippen molar-refractivity contribution >= 4 is 15.7 Å². The Labute approximate surface area is 118 Å². The Hall–Kier alpha value is -2.09. The average Bonchev–Trinajstić information content (AvgIpc) is 2.37. The maximum absolute atomic E-state index is 11.8. The van der Waals surface area contributed by atoms with Crippen LogP contribution in [0.1, 0.15) is 25.0 Å². The molecule has 106 valence electrons. The summed E-state index contributed by atoms with van der Waals surface area (Å²) in [5.41, 5.74) is 0.592. The van der Waals surface area contributed by atoms with Crippen molar-refractivity contribution in [2.75, 3.05) is 17.1 Å². The molecule has 0 radical (unpaired) electrons. The van der Waals surface area contributed by atoms with Crippen LogP contribution in [-0.4, -0.2) is 26.9 Å². The fourth-order valence-electron chi connectivity index (χ4n) is 1.42. The van der Waals surface area contributed by atoms with Crippen LogP contribution < -0.4 is 4.72 Å². The van der Waals surface area contributed by atoms with Crippen molar-refractivity contribution < 1.29 is 13.2 Å². The van der Waals surface area contributed by atoms with Gasteiger partial charge in [0, 0.05) is 5.69 Å². The SMILES string of the molecule is CC(C)OCCS(=O)(=O)Nc1ccc(C#N)c(C#N)c1. The van der Waals surface area contributed by atoms with E-state index in [0.29, 0.717) is 0 Å². The summed E-state index contributed by atoms with van der Waals surface area (Å²) in [6.07, 6.45) is -0.0368. The lowest BCUT2D eigenvalue weighted by atomic mass is 10.1. The highest BCUT2D eigenvalue weighted by Gasteiger charge is 2.12. The Morgan fingerprint density at radius 2 is 1.90 bits per heavy atom. The Kier molecular flexibility index (Phi) is 5.51. The minimum atomic E-state index is -3.54. The second-order valence-corrected chi connectivity index (χ2v) is 6.17. The molecular formula is C13H15N3O3S. The van der Waals surface area contributed by atoms with Crippen molar-refractivity contribution in [2.24, 2.45) is 0 Å². The number of anilines is 1. The summed E-state index contributed by atoms with van der Waals surface area (Å²) in [6.45, 7) is 3.73. The summed E-state index contributed by atoms with van der Waals surface area (Å²) in [4.78, 5) is 0. The van der Waals surface area contributed by atoms with E-state index in [1.165, 1.54) is 18.2 Å². The van der Waals surface area contributed by atoms with Gasteiger partial charge in [0.2, 0.25) is 10.0 Å². The first-order chi connectivity index (χ1) is 9.38. The molecule has 0 heterocycles. The molecule has 1 N–H and O–H groups in total. The lowest BCUT2D eigenvalue weighted by molar-refractivity contribution is 0.0913. The number of nitrogens with one attached hydrogen (secondary N) is 1. The molecule has 0 aliphatic rings. The molecule has 0 spiro atoms. The van der Waals surface area contributed by atoms with Crippen LogP contribution in [0.4, 0.5) is 5.69 Å². The normalized spacial score (nSPS) is 10.8. The van der Waals surface area contributed by atoms with Gasteiger partial charge in [-0.25, -0.2) is 8.42 Å². The van der Waals surface area contributed by atoms with E-state index in [-0.39, 0.29) is 35.3 Å². The summed E-state index contributed by atoms with van der Waals surface area (Å²) >= 11 is 0.